The van der Waals surface area contributed by atoms with Gasteiger partial charge in [0.2, 0.25) is 0 Å². The lowest BCUT2D eigenvalue weighted by Gasteiger charge is -2.34. The zero-order valence-electron chi connectivity index (χ0n) is 14.6. The van der Waals surface area contributed by atoms with Crippen molar-refractivity contribution in [2.45, 2.75) is 51.6 Å². The predicted molar refractivity (Wildman–Crippen MR) is 91.4 cm³/mol. The van der Waals surface area contributed by atoms with Crippen LogP contribution in [0.4, 0.5) is 4.79 Å². The standard InChI is InChI=1S/C18H33N3O2/c1-14-12-15(6-11-23-14)2-8-20-18(22)21-9-4-16(5-10-21)17-3-7-19-13-17/h14-17,19H,2-13H2,1H3,(H,20,22). The SMILES string of the molecule is CC1CC(CCNC(=O)N2CCC(C3CCNC3)CC2)CCO1. The van der Waals surface area contributed by atoms with Crippen LogP contribution in [0.5, 0.6) is 0 Å². The van der Waals surface area contributed by atoms with Crippen LogP contribution in [0.25, 0.3) is 0 Å². The van der Waals surface area contributed by atoms with Crippen molar-refractivity contribution in [3.8, 4) is 0 Å². The largest absolute Gasteiger partial charge is 0.378 e. The number of nitrogens with one attached hydrogen (secondary N) is 2. The molecular formula is C18H33N3O2. The fourth-order valence-corrected chi connectivity index (χ4v) is 4.50. The van der Waals surface area contributed by atoms with E-state index in [9.17, 15) is 4.79 Å². The van der Waals surface area contributed by atoms with Crippen LogP contribution in [-0.2, 0) is 4.74 Å². The molecule has 3 aliphatic rings. The molecule has 2 amide bonds. The van der Waals surface area contributed by atoms with Gasteiger partial charge in [0.1, 0.15) is 0 Å². The molecule has 0 aromatic heterocycles. The highest BCUT2D eigenvalue weighted by atomic mass is 16.5. The summed E-state index contributed by atoms with van der Waals surface area (Å²) in [6, 6.07) is 0.146. The van der Waals surface area contributed by atoms with E-state index in [0.29, 0.717) is 12.0 Å². The number of hydrogen-bond donors (Lipinski definition) is 2. The van der Waals surface area contributed by atoms with Gasteiger partial charge in [-0.2, -0.15) is 0 Å². The molecule has 0 radical (unpaired) electrons. The summed E-state index contributed by atoms with van der Waals surface area (Å²) in [6.45, 7) is 8.06. The van der Waals surface area contributed by atoms with E-state index in [1.54, 1.807) is 0 Å². The molecular weight excluding hydrogens is 290 g/mol. The topological polar surface area (TPSA) is 53.6 Å². The first-order valence-corrected chi connectivity index (χ1v) is 9.57. The summed E-state index contributed by atoms with van der Waals surface area (Å²) in [5, 5.41) is 6.60. The highest BCUT2D eigenvalue weighted by molar-refractivity contribution is 5.74. The van der Waals surface area contributed by atoms with Gasteiger partial charge >= 0.3 is 6.03 Å². The summed E-state index contributed by atoms with van der Waals surface area (Å²) in [5.41, 5.74) is 0. The fourth-order valence-electron chi connectivity index (χ4n) is 4.50. The Bertz CT molecular complexity index is 376. The minimum atomic E-state index is 0.146. The number of rotatable bonds is 4. The quantitative estimate of drug-likeness (QED) is 0.834. The van der Waals surface area contributed by atoms with E-state index in [2.05, 4.69) is 17.6 Å². The molecule has 0 spiro atoms. The first-order valence-electron chi connectivity index (χ1n) is 9.57. The van der Waals surface area contributed by atoms with E-state index in [4.69, 9.17) is 4.74 Å². The molecule has 5 heteroatoms. The molecule has 0 aromatic carbocycles. The first kappa shape index (κ1) is 17.0. The van der Waals surface area contributed by atoms with Gasteiger partial charge in [0.25, 0.3) is 0 Å². The lowest BCUT2D eigenvalue weighted by molar-refractivity contribution is 0.00110. The Labute approximate surface area is 140 Å². The van der Waals surface area contributed by atoms with E-state index in [0.717, 1.165) is 57.3 Å². The molecule has 0 aromatic rings. The molecule has 3 heterocycles. The molecule has 5 nitrogen and oxygen atoms in total. The third-order valence-electron chi connectivity index (χ3n) is 6.01. The number of hydrogen-bond acceptors (Lipinski definition) is 3. The van der Waals surface area contributed by atoms with Gasteiger partial charge in [-0.25, -0.2) is 4.79 Å². The van der Waals surface area contributed by atoms with Gasteiger partial charge in [0.15, 0.2) is 0 Å². The molecule has 3 rings (SSSR count). The van der Waals surface area contributed by atoms with Crippen LogP contribution in [0.1, 0.15) is 45.4 Å². The van der Waals surface area contributed by atoms with Gasteiger partial charge in [-0.05, 0) is 76.3 Å². The van der Waals surface area contributed by atoms with E-state index in [-0.39, 0.29) is 6.03 Å². The number of ether oxygens (including phenoxy) is 1. The van der Waals surface area contributed by atoms with Gasteiger partial charge in [-0.3, -0.25) is 0 Å². The number of carbonyl (C=O) groups is 1. The number of carbonyl (C=O) groups excluding carboxylic acids is 1. The number of amides is 2. The summed E-state index contributed by atoms with van der Waals surface area (Å²) in [7, 11) is 0. The van der Waals surface area contributed by atoms with Gasteiger partial charge in [-0.15, -0.1) is 0 Å². The summed E-state index contributed by atoms with van der Waals surface area (Å²) >= 11 is 0. The maximum absolute atomic E-state index is 12.3. The normalized spacial score (nSPS) is 32.9. The average Bonchev–Trinajstić information content (AvgIpc) is 3.09. The molecule has 23 heavy (non-hydrogen) atoms. The second kappa shape index (κ2) is 8.34. The molecule has 0 aliphatic carbocycles. The molecule has 3 unspecified atom stereocenters. The van der Waals surface area contributed by atoms with Gasteiger partial charge in [0, 0.05) is 26.2 Å². The van der Waals surface area contributed by atoms with Crippen molar-refractivity contribution in [1.82, 2.24) is 15.5 Å². The summed E-state index contributed by atoms with van der Waals surface area (Å²) in [4.78, 5) is 14.3. The second-order valence-electron chi connectivity index (χ2n) is 7.67. The van der Waals surface area contributed by atoms with Crippen LogP contribution in [-0.4, -0.2) is 56.4 Å². The molecule has 0 bridgehead atoms. The number of urea groups is 1. The first-order chi connectivity index (χ1) is 11.2. The van der Waals surface area contributed by atoms with Crippen molar-refractivity contribution in [2.24, 2.45) is 17.8 Å². The van der Waals surface area contributed by atoms with Crippen LogP contribution in [0, 0.1) is 17.8 Å². The van der Waals surface area contributed by atoms with Gasteiger partial charge in [-0.1, -0.05) is 0 Å². The van der Waals surface area contributed by atoms with Crippen molar-refractivity contribution in [2.75, 3.05) is 39.3 Å². The van der Waals surface area contributed by atoms with Gasteiger partial charge in [0.05, 0.1) is 6.10 Å². The lowest BCUT2D eigenvalue weighted by Crippen LogP contribution is -2.46. The van der Waals surface area contributed by atoms with Crippen molar-refractivity contribution >= 4 is 6.03 Å². The number of nitrogens with zero attached hydrogens (tertiary/aromatic N) is 1. The van der Waals surface area contributed by atoms with Crippen molar-refractivity contribution < 1.29 is 9.53 Å². The van der Waals surface area contributed by atoms with Crippen LogP contribution in [0.3, 0.4) is 0 Å². The maximum Gasteiger partial charge on any atom is 0.317 e. The monoisotopic (exact) mass is 323 g/mol. The zero-order chi connectivity index (χ0) is 16.1. The summed E-state index contributed by atoms with van der Waals surface area (Å²) in [5.74, 6) is 2.37. The third-order valence-corrected chi connectivity index (χ3v) is 6.01. The summed E-state index contributed by atoms with van der Waals surface area (Å²) in [6.07, 6.45) is 7.42. The Morgan fingerprint density at radius 2 is 2.04 bits per heavy atom. The second-order valence-corrected chi connectivity index (χ2v) is 7.67. The van der Waals surface area contributed by atoms with Crippen molar-refractivity contribution in [1.29, 1.82) is 0 Å². The molecule has 3 aliphatic heterocycles. The van der Waals surface area contributed by atoms with E-state index in [1.807, 2.05) is 4.90 Å². The van der Waals surface area contributed by atoms with Gasteiger partial charge < -0.3 is 20.3 Å². The lowest BCUT2D eigenvalue weighted by atomic mass is 9.84. The Kier molecular flexibility index (Phi) is 6.17. The molecule has 2 N–H and O–H groups in total. The molecule has 3 saturated heterocycles. The third kappa shape index (κ3) is 4.83. The molecule has 3 atom stereocenters. The van der Waals surface area contributed by atoms with Crippen LogP contribution in [0.2, 0.25) is 0 Å². The van der Waals surface area contributed by atoms with Crippen LogP contribution >= 0.6 is 0 Å². The predicted octanol–water partition coefficient (Wildman–Crippen LogP) is 2.22. The molecule has 0 saturated carbocycles. The van der Waals surface area contributed by atoms with E-state index in [1.165, 1.54) is 32.4 Å². The zero-order valence-corrected chi connectivity index (χ0v) is 14.6. The maximum atomic E-state index is 12.3. The Morgan fingerprint density at radius 1 is 1.22 bits per heavy atom. The number of likely N-dealkylation sites (tertiary alicyclic amines) is 1. The van der Waals surface area contributed by atoms with Crippen molar-refractivity contribution in [3.63, 3.8) is 0 Å². The smallest absolute Gasteiger partial charge is 0.317 e. The minimum Gasteiger partial charge on any atom is -0.378 e. The minimum absolute atomic E-state index is 0.146. The Morgan fingerprint density at radius 3 is 2.74 bits per heavy atom. The van der Waals surface area contributed by atoms with E-state index >= 15 is 0 Å². The Balaban J connectivity index is 1.31. The molecule has 132 valence electrons. The van der Waals surface area contributed by atoms with Crippen LogP contribution in [0.15, 0.2) is 0 Å². The van der Waals surface area contributed by atoms with E-state index < -0.39 is 0 Å². The fraction of sp³-hybridized carbons (Fsp3) is 0.944. The number of piperidine rings is 1. The Hall–Kier alpha value is -0.810. The highest BCUT2D eigenvalue weighted by Gasteiger charge is 2.30. The van der Waals surface area contributed by atoms with Crippen molar-refractivity contribution in [3.05, 3.63) is 0 Å². The molecule has 3 fully saturated rings. The van der Waals surface area contributed by atoms with Crippen LogP contribution < -0.4 is 10.6 Å². The highest BCUT2D eigenvalue weighted by Crippen LogP contribution is 2.29. The average molecular weight is 323 g/mol. The summed E-state index contributed by atoms with van der Waals surface area (Å²) < 4.78 is 5.58.